The van der Waals surface area contributed by atoms with E-state index in [-0.39, 0.29) is 0 Å². The fraction of sp³-hybridized carbons (Fsp3) is 0.625. The van der Waals surface area contributed by atoms with E-state index in [9.17, 15) is 5.11 Å². The number of thioether (sulfide) groups is 1. The van der Waals surface area contributed by atoms with Crippen molar-refractivity contribution in [2.24, 2.45) is 0 Å². The lowest BCUT2D eigenvalue weighted by molar-refractivity contribution is 0.0184. The van der Waals surface area contributed by atoms with Gasteiger partial charge in [0, 0.05) is 10.5 Å². The molecule has 2 nitrogen and oxygen atoms in total. The summed E-state index contributed by atoms with van der Waals surface area (Å²) >= 11 is 2.08. The molecular weight excluding hydrogens is 256 g/mol. The molecule has 3 rings (SSSR count). The van der Waals surface area contributed by atoms with Gasteiger partial charge in [0.25, 0.3) is 0 Å². The summed E-state index contributed by atoms with van der Waals surface area (Å²) in [6.07, 6.45) is 4.35. The third-order valence-corrected chi connectivity index (χ3v) is 6.11. The Kier molecular flexibility index (Phi) is 3.30. The highest BCUT2D eigenvalue weighted by Crippen LogP contribution is 2.52. The zero-order chi connectivity index (χ0) is 13.6. The second-order valence-electron chi connectivity index (χ2n) is 6.03. The second kappa shape index (κ2) is 4.71. The minimum atomic E-state index is -0.627. The maximum Gasteiger partial charge on any atom is 0.119 e. The first-order valence-electron chi connectivity index (χ1n) is 7.05. The van der Waals surface area contributed by atoms with Crippen molar-refractivity contribution in [1.29, 1.82) is 0 Å². The average molecular weight is 278 g/mol. The van der Waals surface area contributed by atoms with Gasteiger partial charge in [0.15, 0.2) is 0 Å². The lowest BCUT2D eigenvalue weighted by Gasteiger charge is -2.38. The van der Waals surface area contributed by atoms with Crippen LogP contribution in [0, 0.1) is 13.8 Å². The van der Waals surface area contributed by atoms with Crippen LogP contribution in [-0.2, 0) is 5.60 Å². The molecule has 1 N–H and O–H groups in total. The monoisotopic (exact) mass is 278 g/mol. The molecule has 2 heterocycles. The number of hydrogen-bond donors (Lipinski definition) is 1. The van der Waals surface area contributed by atoms with Gasteiger partial charge < -0.3 is 9.84 Å². The lowest BCUT2D eigenvalue weighted by atomic mass is 9.81. The number of rotatable bonds is 2. The van der Waals surface area contributed by atoms with E-state index in [0.717, 1.165) is 35.3 Å². The molecule has 2 unspecified atom stereocenters. The van der Waals surface area contributed by atoms with Gasteiger partial charge >= 0.3 is 0 Å². The van der Waals surface area contributed by atoms with Crippen molar-refractivity contribution < 1.29 is 9.84 Å². The normalized spacial score (nSPS) is 33.5. The molecule has 104 valence electrons. The van der Waals surface area contributed by atoms with Gasteiger partial charge in [0.1, 0.15) is 5.75 Å². The Morgan fingerprint density at radius 2 is 1.68 bits per heavy atom. The Bertz CT molecular complexity index is 463. The fourth-order valence-electron chi connectivity index (χ4n) is 3.90. The van der Waals surface area contributed by atoms with Crippen LogP contribution in [0.3, 0.4) is 0 Å². The summed E-state index contributed by atoms with van der Waals surface area (Å²) in [5, 5.41) is 12.5. The van der Waals surface area contributed by atoms with Gasteiger partial charge in [-0.25, -0.2) is 0 Å². The van der Waals surface area contributed by atoms with E-state index in [1.807, 2.05) is 12.1 Å². The average Bonchev–Trinajstić information content (AvgIpc) is 2.68. The van der Waals surface area contributed by atoms with E-state index in [1.165, 1.54) is 12.8 Å². The molecule has 3 heteroatoms. The number of benzene rings is 1. The fourth-order valence-corrected chi connectivity index (χ4v) is 5.73. The summed E-state index contributed by atoms with van der Waals surface area (Å²) in [6, 6.07) is 4.09. The van der Waals surface area contributed by atoms with Gasteiger partial charge in [-0.1, -0.05) is 0 Å². The molecule has 0 spiro atoms. The molecule has 2 aliphatic rings. The van der Waals surface area contributed by atoms with Crippen LogP contribution in [-0.4, -0.2) is 22.7 Å². The first kappa shape index (κ1) is 13.3. The number of fused-ring (bicyclic) bond motifs is 2. The quantitative estimate of drug-likeness (QED) is 0.897. The number of ether oxygens (including phenoxy) is 1. The first-order valence-corrected chi connectivity index (χ1v) is 7.99. The Morgan fingerprint density at radius 3 is 2.16 bits per heavy atom. The maximum absolute atomic E-state index is 11.2. The molecule has 2 bridgehead atoms. The van der Waals surface area contributed by atoms with Gasteiger partial charge in [-0.2, -0.15) is 11.8 Å². The molecule has 2 atom stereocenters. The predicted octanol–water partition coefficient (Wildman–Crippen LogP) is 3.56. The molecule has 0 saturated carbocycles. The Hall–Kier alpha value is -0.670. The molecule has 1 aromatic carbocycles. The molecule has 2 aliphatic heterocycles. The van der Waals surface area contributed by atoms with Crippen LogP contribution in [0.4, 0.5) is 0 Å². The lowest BCUT2D eigenvalue weighted by Crippen LogP contribution is -2.36. The number of methoxy groups -OCH3 is 1. The summed E-state index contributed by atoms with van der Waals surface area (Å²) in [6.45, 7) is 4.18. The van der Waals surface area contributed by atoms with Crippen LogP contribution in [0.5, 0.6) is 5.75 Å². The van der Waals surface area contributed by atoms with Crippen molar-refractivity contribution in [3.8, 4) is 5.75 Å². The van der Waals surface area contributed by atoms with Gasteiger partial charge in [-0.05, 0) is 68.4 Å². The highest BCUT2D eigenvalue weighted by atomic mass is 32.2. The van der Waals surface area contributed by atoms with Crippen LogP contribution < -0.4 is 4.74 Å². The zero-order valence-corrected chi connectivity index (χ0v) is 12.7. The highest BCUT2D eigenvalue weighted by molar-refractivity contribution is 8.00. The van der Waals surface area contributed by atoms with Crippen LogP contribution in [0.15, 0.2) is 12.1 Å². The Balaban J connectivity index is 2.01. The van der Waals surface area contributed by atoms with E-state index in [1.54, 1.807) is 7.11 Å². The standard InChI is InChI=1S/C16H22O2S/c1-10-6-12(18-3)7-11(2)15(10)16(17)8-13-4-5-14(9-16)19-13/h6-7,13-14,17H,4-5,8-9H2,1-3H3. The second-order valence-corrected chi connectivity index (χ2v) is 7.64. The van der Waals surface area contributed by atoms with Crippen molar-refractivity contribution in [3.63, 3.8) is 0 Å². The Labute approximate surface area is 119 Å². The van der Waals surface area contributed by atoms with E-state index in [2.05, 4.69) is 25.6 Å². The minimum Gasteiger partial charge on any atom is -0.497 e. The van der Waals surface area contributed by atoms with Gasteiger partial charge in [0.05, 0.1) is 12.7 Å². The molecular formula is C16H22O2S. The number of hydrogen-bond acceptors (Lipinski definition) is 3. The summed E-state index contributed by atoms with van der Waals surface area (Å²) in [4.78, 5) is 0. The topological polar surface area (TPSA) is 29.5 Å². The molecule has 2 saturated heterocycles. The third-order valence-electron chi connectivity index (χ3n) is 4.53. The van der Waals surface area contributed by atoms with Crippen molar-refractivity contribution >= 4 is 11.8 Å². The van der Waals surface area contributed by atoms with Crippen molar-refractivity contribution in [3.05, 3.63) is 28.8 Å². The number of aliphatic hydroxyl groups is 1. The smallest absolute Gasteiger partial charge is 0.119 e. The third kappa shape index (κ3) is 2.27. The van der Waals surface area contributed by atoms with Crippen LogP contribution in [0.2, 0.25) is 0 Å². The van der Waals surface area contributed by atoms with E-state index < -0.39 is 5.60 Å². The summed E-state index contributed by atoms with van der Waals surface area (Å²) in [5.41, 5.74) is 2.83. The molecule has 0 amide bonds. The van der Waals surface area contributed by atoms with Crippen LogP contribution in [0.25, 0.3) is 0 Å². The van der Waals surface area contributed by atoms with E-state index in [0.29, 0.717) is 10.5 Å². The maximum atomic E-state index is 11.2. The van der Waals surface area contributed by atoms with Crippen LogP contribution in [0.1, 0.15) is 42.4 Å². The van der Waals surface area contributed by atoms with Gasteiger partial charge in [0.2, 0.25) is 0 Å². The van der Waals surface area contributed by atoms with Crippen molar-refractivity contribution in [1.82, 2.24) is 0 Å². The largest absolute Gasteiger partial charge is 0.497 e. The molecule has 2 fully saturated rings. The van der Waals surface area contributed by atoms with Gasteiger partial charge in [-0.15, -0.1) is 0 Å². The van der Waals surface area contributed by atoms with Gasteiger partial charge in [-0.3, -0.25) is 0 Å². The molecule has 19 heavy (non-hydrogen) atoms. The molecule has 0 aliphatic carbocycles. The van der Waals surface area contributed by atoms with Crippen molar-refractivity contribution in [2.75, 3.05) is 7.11 Å². The molecule has 0 radical (unpaired) electrons. The minimum absolute atomic E-state index is 0.627. The summed E-state index contributed by atoms with van der Waals surface area (Å²) < 4.78 is 5.32. The predicted molar refractivity (Wildman–Crippen MR) is 80.0 cm³/mol. The zero-order valence-electron chi connectivity index (χ0n) is 11.9. The SMILES string of the molecule is COc1cc(C)c(C2(O)CC3CCC(C2)S3)c(C)c1. The van der Waals surface area contributed by atoms with E-state index in [4.69, 9.17) is 4.74 Å². The molecule has 1 aromatic rings. The number of aryl methyl sites for hydroxylation is 2. The first-order chi connectivity index (χ1) is 9.01. The van der Waals surface area contributed by atoms with E-state index >= 15 is 0 Å². The summed E-state index contributed by atoms with van der Waals surface area (Å²) in [7, 11) is 1.69. The Morgan fingerprint density at radius 1 is 1.16 bits per heavy atom. The molecule has 0 aromatic heterocycles. The summed E-state index contributed by atoms with van der Waals surface area (Å²) in [5.74, 6) is 0.885. The highest BCUT2D eigenvalue weighted by Gasteiger charge is 2.45. The van der Waals surface area contributed by atoms with Crippen molar-refractivity contribution in [2.45, 2.75) is 55.6 Å². The van der Waals surface area contributed by atoms with Crippen LogP contribution >= 0.6 is 11.8 Å².